The van der Waals surface area contributed by atoms with Crippen molar-refractivity contribution < 1.29 is 50.8 Å². The van der Waals surface area contributed by atoms with Gasteiger partial charge in [-0.15, -0.1) is 0 Å². The summed E-state index contributed by atoms with van der Waals surface area (Å²) < 4.78 is 0. The Kier molecular flexibility index (Phi) is 15.0. The molecule has 120 valence electrons. The molecule has 0 saturated carbocycles. The van der Waals surface area contributed by atoms with E-state index in [0.29, 0.717) is 6.42 Å². The Morgan fingerprint density at radius 1 is 0.810 bits per heavy atom. The molecule has 0 heterocycles. The van der Waals surface area contributed by atoms with Crippen molar-refractivity contribution in [2.45, 2.75) is 84.5 Å². The maximum atomic E-state index is 11.0. The van der Waals surface area contributed by atoms with E-state index in [1.807, 2.05) is 0 Å². The van der Waals surface area contributed by atoms with Crippen molar-refractivity contribution in [3.05, 3.63) is 0 Å². The van der Waals surface area contributed by atoms with Crippen LogP contribution in [0, 0.1) is 5.41 Å². The summed E-state index contributed by atoms with van der Waals surface area (Å²) >= 11 is 0. The molecular weight excluding hydrogens is 279 g/mol. The molecule has 0 aromatic rings. The number of carbonyl (C=O) groups is 2. The summed E-state index contributed by atoms with van der Waals surface area (Å²) in [7, 11) is 0. The third-order valence-electron chi connectivity index (χ3n) is 3.97. The van der Waals surface area contributed by atoms with Gasteiger partial charge in [-0.1, -0.05) is 71.1 Å². The van der Waals surface area contributed by atoms with E-state index < -0.39 is 17.4 Å². The second-order valence-electron chi connectivity index (χ2n) is 5.87. The van der Waals surface area contributed by atoms with Gasteiger partial charge >= 0.3 is 41.5 Å². The van der Waals surface area contributed by atoms with E-state index in [-0.39, 0.29) is 37.4 Å². The minimum absolute atomic E-state index is 0. The minimum atomic E-state index is -1.62. The molecule has 0 aliphatic heterocycles. The van der Waals surface area contributed by atoms with E-state index in [9.17, 15) is 9.59 Å². The zero-order chi connectivity index (χ0) is 15.4. The number of carboxylic acids is 2. The van der Waals surface area contributed by atoms with E-state index in [1.165, 1.54) is 51.9 Å². The SMILES string of the molecule is CCCCCCCCCCCCC(C)(C(=O)O)C(=O)O.[H-].[Na+]. The Balaban J connectivity index is -0.00000180. The summed E-state index contributed by atoms with van der Waals surface area (Å²) in [5.41, 5.74) is -1.62. The summed E-state index contributed by atoms with van der Waals surface area (Å²) in [5.74, 6) is -2.47. The second kappa shape index (κ2) is 13.6. The van der Waals surface area contributed by atoms with Gasteiger partial charge in [0.25, 0.3) is 0 Å². The Labute approximate surface area is 152 Å². The zero-order valence-corrected chi connectivity index (χ0v) is 16.0. The van der Waals surface area contributed by atoms with Crippen molar-refractivity contribution in [3.8, 4) is 0 Å². The first-order valence-corrected chi connectivity index (χ1v) is 7.92. The van der Waals surface area contributed by atoms with E-state index in [1.54, 1.807) is 0 Å². The number of rotatable bonds is 13. The largest absolute Gasteiger partial charge is 1.00 e. The van der Waals surface area contributed by atoms with E-state index in [2.05, 4.69) is 6.92 Å². The molecular formula is C16H31NaO4. The summed E-state index contributed by atoms with van der Waals surface area (Å²) in [5, 5.41) is 17.9. The van der Waals surface area contributed by atoms with E-state index >= 15 is 0 Å². The fourth-order valence-corrected chi connectivity index (χ4v) is 2.27. The molecule has 0 atom stereocenters. The first-order valence-electron chi connectivity index (χ1n) is 7.92. The van der Waals surface area contributed by atoms with Gasteiger partial charge in [-0.2, -0.15) is 0 Å². The topological polar surface area (TPSA) is 74.6 Å². The maximum absolute atomic E-state index is 11.0. The Morgan fingerprint density at radius 2 is 1.14 bits per heavy atom. The van der Waals surface area contributed by atoms with Crippen LogP contribution in [0.15, 0.2) is 0 Å². The average molecular weight is 310 g/mol. The van der Waals surface area contributed by atoms with Crippen LogP contribution < -0.4 is 29.6 Å². The van der Waals surface area contributed by atoms with Crippen LogP contribution in [0.1, 0.15) is 85.9 Å². The molecule has 0 unspecified atom stereocenters. The molecule has 21 heavy (non-hydrogen) atoms. The molecule has 0 fully saturated rings. The Hall–Kier alpha value is -0.0600. The van der Waals surface area contributed by atoms with Crippen molar-refractivity contribution in [1.29, 1.82) is 0 Å². The van der Waals surface area contributed by atoms with Gasteiger partial charge in [-0.05, 0) is 13.3 Å². The van der Waals surface area contributed by atoms with Crippen LogP contribution in [0.25, 0.3) is 0 Å². The monoisotopic (exact) mass is 310 g/mol. The Morgan fingerprint density at radius 3 is 1.48 bits per heavy atom. The predicted octanol–water partition coefficient (Wildman–Crippen LogP) is 1.59. The number of hydrogen-bond donors (Lipinski definition) is 2. The fraction of sp³-hybridized carbons (Fsp3) is 0.875. The van der Waals surface area contributed by atoms with Crippen LogP contribution >= 0.6 is 0 Å². The average Bonchev–Trinajstić information content (AvgIpc) is 2.40. The molecule has 0 aliphatic carbocycles. The quantitative estimate of drug-likeness (QED) is 0.308. The van der Waals surface area contributed by atoms with Crippen molar-refractivity contribution >= 4 is 11.9 Å². The van der Waals surface area contributed by atoms with Crippen molar-refractivity contribution in [3.63, 3.8) is 0 Å². The molecule has 0 aliphatic rings. The van der Waals surface area contributed by atoms with Crippen LogP contribution in [-0.4, -0.2) is 22.2 Å². The van der Waals surface area contributed by atoms with Gasteiger partial charge in [-0.25, -0.2) is 0 Å². The third-order valence-corrected chi connectivity index (χ3v) is 3.97. The number of hydrogen-bond acceptors (Lipinski definition) is 2. The van der Waals surface area contributed by atoms with Crippen LogP contribution in [0.4, 0.5) is 0 Å². The summed E-state index contributed by atoms with van der Waals surface area (Å²) in [6.07, 6.45) is 11.8. The van der Waals surface area contributed by atoms with Crippen LogP contribution in [0.2, 0.25) is 0 Å². The number of aliphatic carboxylic acids is 2. The minimum Gasteiger partial charge on any atom is -1.00 e. The third kappa shape index (κ3) is 10.3. The predicted molar refractivity (Wildman–Crippen MR) is 81.0 cm³/mol. The van der Waals surface area contributed by atoms with Gasteiger partial charge in [0.2, 0.25) is 0 Å². The smallest absolute Gasteiger partial charge is 1.00 e. The van der Waals surface area contributed by atoms with E-state index in [4.69, 9.17) is 10.2 Å². The number of unbranched alkanes of at least 4 members (excludes halogenated alkanes) is 9. The van der Waals surface area contributed by atoms with Crippen LogP contribution in [0.3, 0.4) is 0 Å². The molecule has 0 radical (unpaired) electrons. The fourth-order valence-electron chi connectivity index (χ4n) is 2.27. The molecule has 0 amide bonds. The zero-order valence-electron chi connectivity index (χ0n) is 15.0. The Bertz CT molecular complexity index is 284. The first-order chi connectivity index (χ1) is 9.45. The molecule has 0 spiro atoms. The summed E-state index contributed by atoms with van der Waals surface area (Å²) in [4.78, 5) is 21.9. The molecule has 4 nitrogen and oxygen atoms in total. The first kappa shape index (κ1) is 23.2. The molecule has 2 N–H and O–H groups in total. The molecule has 0 bridgehead atoms. The van der Waals surface area contributed by atoms with Gasteiger partial charge in [0.05, 0.1) is 0 Å². The van der Waals surface area contributed by atoms with Gasteiger partial charge in [0, 0.05) is 0 Å². The molecule has 5 heteroatoms. The van der Waals surface area contributed by atoms with Gasteiger partial charge < -0.3 is 11.6 Å². The van der Waals surface area contributed by atoms with Crippen molar-refractivity contribution in [1.82, 2.24) is 0 Å². The van der Waals surface area contributed by atoms with Gasteiger partial charge in [0.15, 0.2) is 5.41 Å². The van der Waals surface area contributed by atoms with Gasteiger partial charge in [0.1, 0.15) is 0 Å². The van der Waals surface area contributed by atoms with E-state index in [0.717, 1.165) is 12.8 Å². The molecule has 0 aromatic carbocycles. The number of carboxylic acid groups (broad SMARTS) is 2. The van der Waals surface area contributed by atoms with Crippen molar-refractivity contribution in [2.24, 2.45) is 5.41 Å². The molecule has 0 aromatic heterocycles. The molecule has 0 rings (SSSR count). The van der Waals surface area contributed by atoms with Crippen LogP contribution in [-0.2, 0) is 9.59 Å². The normalized spacial score (nSPS) is 11.0. The second-order valence-corrected chi connectivity index (χ2v) is 5.87. The summed E-state index contributed by atoms with van der Waals surface area (Å²) in [6, 6.07) is 0. The summed E-state index contributed by atoms with van der Waals surface area (Å²) in [6.45, 7) is 3.51. The standard InChI is InChI=1S/C16H30O4.Na.H/c1-3-4-5-6-7-8-9-10-11-12-13-16(2,14(17)18)15(19)20;;/h3-13H2,1-2H3,(H,17,18)(H,19,20);;/q;+1;-1. The van der Waals surface area contributed by atoms with Gasteiger partial charge in [-0.3, -0.25) is 9.59 Å². The van der Waals surface area contributed by atoms with Crippen LogP contribution in [0.5, 0.6) is 0 Å². The molecule has 0 saturated heterocycles. The maximum Gasteiger partial charge on any atom is 1.00 e. The van der Waals surface area contributed by atoms with Crippen molar-refractivity contribution in [2.75, 3.05) is 0 Å².